The topological polar surface area (TPSA) is 93.1 Å². The van der Waals surface area contributed by atoms with Gasteiger partial charge in [0.1, 0.15) is 12.6 Å². The summed E-state index contributed by atoms with van der Waals surface area (Å²) in [7, 11) is 1.97. The first-order valence-corrected chi connectivity index (χ1v) is 16.8. The van der Waals surface area contributed by atoms with Gasteiger partial charge in [0, 0.05) is 29.6 Å². The molecule has 0 aromatic heterocycles. The molecule has 0 bridgehead atoms. The molecule has 0 aliphatic rings. The zero-order valence-electron chi connectivity index (χ0n) is 23.6. The molecule has 2 N–H and O–H groups in total. The Morgan fingerprint density at radius 1 is 0.829 bits per heavy atom. The average Bonchev–Trinajstić information content (AvgIpc) is 2.75. The number of hydrogen-bond acceptors (Lipinski definition) is 4. The van der Waals surface area contributed by atoms with E-state index in [0.717, 1.165) is 12.8 Å². The molecule has 35 heavy (non-hydrogen) atoms. The molecular weight excluding hydrogens is 485 g/mol. The monoisotopic (exact) mass is 542 g/mol. The van der Waals surface area contributed by atoms with Crippen LogP contribution in [0.2, 0.25) is 0 Å². The lowest BCUT2D eigenvalue weighted by Crippen LogP contribution is -2.54. The number of nitrogens with zero attached hydrogens (tertiary/aromatic N) is 1. The van der Waals surface area contributed by atoms with Gasteiger partial charge in [-0.25, -0.2) is 4.57 Å². The summed E-state index contributed by atoms with van der Waals surface area (Å²) in [5.41, 5.74) is 0. The number of quaternary nitrogens is 1. The number of hydrogen-bond donors (Lipinski definition) is 2. The molecule has 0 aromatic carbocycles. The van der Waals surface area contributed by atoms with Crippen LogP contribution >= 0.6 is 7.82 Å². The summed E-state index contributed by atoms with van der Waals surface area (Å²) in [6.45, 7) is 4.16. The van der Waals surface area contributed by atoms with Crippen molar-refractivity contribution in [3.05, 3.63) is 0 Å². The molecule has 212 valence electrons. The molecule has 0 aliphatic carbocycles. The van der Waals surface area contributed by atoms with Crippen molar-refractivity contribution in [1.82, 2.24) is 0 Å². The van der Waals surface area contributed by atoms with E-state index in [0.29, 0.717) is 16.0 Å². The number of likely N-dealkylation sites (N-methyl/N-ethyl adjacent to an activating group) is 1. The van der Waals surface area contributed by atoms with Crippen LogP contribution < -0.4 is 0 Å². The third kappa shape index (κ3) is 19.9. The number of rotatable bonds is 24. The van der Waals surface area contributed by atoms with Gasteiger partial charge >= 0.3 is 7.82 Å². The largest absolute Gasteiger partial charge is 0.469 e. The summed E-state index contributed by atoms with van der Waals surface area (Å²) in [4.78, 5) is 18.2. The van der Waals surface area contributed by atoms with Crippen LogP contribution in [-0.4, -0.2) is 77.0 Å². The maximum Gasteiger partial charge on any atom is 0.469 e. The lowest BCUT2D eigenvalue weighted by Gasteiger charge is -2.40. The molecule has 0 heterocycles. The standard InChI is InChI=1S/C26H56NO6PS/c1-7-8-9-10-11-12-13-14-15-16-17-18-19-20-21-35(31)23-26(32-6)24(2)25(27(3,4)5)22-33-34(28,29)30/h24-26H,7-23H2,1-6H3,(H-,28,29,30)/p+1. The van der Waals surface area contributed by atoms with Crippen molar-refractivity contribution in [2.45, 2.75) is 116 Å². The molecule has 0 saturated heterocycles. The number of phosphoric acid groups is 1. The quantitative estimate of drug-likeness (QED) is 0.0876. The highest BCUT2D eigenvalue weighted by Crippen LogP contribution is 2.37. The molecule has 0 radical (unpaired) electrons. The highest BCUT2D eigenvalue weighted by Gasteiger charge is 2.37. The van der Waals surface area contributed by atoms with Gasteiger partial charge in [-0.15, -0.1) is 0 Å². The van der Waals surface area contributed by atoms with Crippen LogP contribution in [0.25, 0.3) is 0 Å². The molecule has 9 heteroatoms. The Bertz CT molecular complexity index is 581. The van der Waals surface area contributed by atoms with Gasteiger partial charge < -0.3 is 19.0 Å². The molecule has 0 aromatic rings. The Labute approximate surface area is 219 Å². The van der Waals surface area contributed by atoms with Crippen LogP contribution in [0.4, 0.5) is 0 Å². The molecule has 7 nitrogen and oxygen atoms in total. The van der Waals surface area contributed by atoms with E-state index in [-0.39, 0.29) is 24.7 Å². The Hall–Kier alpha value is 0.180. The van der Waals surface area contributed by atoms with Gasteiger partial charge in [-0.3, -0.25) is 8.73 Å². The van der Waals surface area contributed by atoms with E-state index in [1.807, 2.05) is 28.1 Å². The normalized spacial score (nSPS) is 16.2. The lowest BCUT2D eigenvalue weighted by molar-refractivity contribution is -0.900. The first-order valence-electron chi connectivity index (χ1n) is 13.8. The summed E-state index contributed by atoms with van der Waals surface area (Å²) in [6, 6.07) is -0.203. The van der Waals surface area contributed by atoms with Gasteiger partial charge in [0.05, 0.1) is 33.0 Å². The van der Waals surface area contributed by atoms with Gasteiger partial charge in [0.2, 0.25) is 0 Å². The predicted octanol–water partition coefficient (Wildman–Crippen LogP) is 6.05. The zero-order valence-corrected chi connectivity index (χ0v) is 25.3. The minimum Gasteiger partial charge on any atom is -0.380 e. The fourth-order valence-electron chi connectivity index (χ4n) is 4.66. The minimum absolute atomic E-state index is 0.0770. The average molecular weight is 543 g/mol. The Kier molecular flexibility index (Phi) is 20.3. The van der Waals surface area contributed by atoms with Crippen LogP contribution in [0.3, 0.4) is 0 Å². The fraction of sp³-hybridized carbons (Fsp3) is 1.00. The third-order valence-corrected chi connectivity index (χ3v) is 8.91. The molecule has 0 aliphatic heterocycles. The third-order valence-electron chi connectivity index (χ3n) is 6.98. The van der Waals surface area contributed by atoms with Crippen LogP contribution in [0.15, 0.2) is 0 Å². The maximum absolute atomic E-state index is 12.7. The van der Waals surface area contributed by atoms with Crippen molar-refractivity contribution in [3.8, 4) is 0 Å². The van der Waals surface area contributed by atoms with E-state index >= 15 is 0 Å². The van der Waals surface area contributed by atoms with E-state index in [1.165, 1.54) is 77.0 Å². The summed E-state index contributed by atoms with van der Waals surface area (Å²) in [5.74, 6) is 1.04. The van der Waals surface area contributed by atoms with Crippen LogP contribution in [0.5, 0.6) is 0 Å². The molecule has 0 fully saturated rings. The zero-order chi connectivity index (χ0) is 26.7. The molecule has 0 amide bonds. The van der Waals surface area contributed by atoms with E-state index in [4.69, 9.17) is 19.0 Å². The van der Waals surface area contributed by atoms with Crippen molar-refractivity contribution in [1.29, 1.82) is 0 Å². The molecule has 4 unspecified atom stereocenters. The molecule has 0 spiro atoms. The lowest BCUT2D eigenvalue weighted by atomic mass is 9.95. The molecule has 0 saturated carbocycles. The Morgan fingerprint density at radius 3 is 1.63 bits per heavy atom. The van der Waals surface area contributed by atoms with Crippen molar-refractivity contribution in [3.63, 3.8) is 0 Å². The van der Waals surface area contributed by atoms with Crippen LogP contribution in [0, 0.1) is 5.92 Å². The summed E-state index contributed by atoms with van der Waals surface area (Å²) >= 11 is 0. The first-order chi connectivity index (χ1) is 16.4. The number of phosphoric ester groups is 1. The fourth-order valence-corrected chi connectivity index (χ4v) is 6.51. The van der Waals surface area contributed by atoms with Crippen molar-refractivity contribution in [2.24, 2.45) is 5.92 Å². The smallest absolute Gasteiger partial charge is 0.380 e. The number of unbranched alkanes of at least 4 members (excludes halogenated alkanes) is 13. The number of ether oxygens (including phenoxy) is 1. The van der Waals surface area contributed by atoms with Crippen LogP contribution in [0.1, 0.15) is 104 Å². The Balaban J connectivity index is 4.08. The maximum atomic E-state index is 12.7. The second-order valence-electron chi connectivity index (χ2n) is 11.0. The van der Waals surface area contributed by atoms with Crippen molar-refractivity contribution < 1.29 is 32.3 Å². The van der Waals surface area contributed by atoms with E-state index in [1.54, 1.807) is 7.11 Å². The van der Waals surface area contributed by atoms with Gasteiger partial charge in [-0.1, -0.05) is 97.3 Å². The highest BCUT2D eigenvalue weighted by atomic mass is 32.2. The van der Waals surface area contributed by atoms with Gasteiger partial charge in [0.25, 0.3) is 0 Å². The molecular formula is C26H57NO6PS+. The summed E-state index contributed by atoms with van der Waals surface area (Å²) < 4.78 is 34.8. The predicted molar refractivity (Wildman–Crippen MR) is 148 cm³/mol. The first kappa shape index (κ1) is 35.2. The Morgan fingerprint density at radius 2 is 1.26 bits per heavy atom. The van der Waals surface area contributed by atoms with E-state index in [2.05, 4.69) is 6.92 Å². The van der Waals surface area contributed by atoms with Crippen molar-refractivity contribution >= 4 is 18.6 Å². The summed E-state index contributed by atoms with van der Waals surface area (Å²) in [6.07, 6.45) is 18.0. The van der Waals surface area contributed by atoms with E-state index in [9.17, 15) is 8.77 Å². The van der Waals surface area contributed by atoms with E-state index < -0.39 is 18.6 Å². The van der Waals surface area contributed by atoms with Gasteiger partial charge in [-0.2, -0.15) is 0 Å². The van der Waals surface area contributed by atoms with Crippen molar-refractivity contribution in [2.75, 3.05) is 46.4 Å². The minimum atomic E-state index is -4.55. The SMILES string of the molecule is CCCCCCCCCCCCCCCCS(=O)CC(OC)C(C)C(COP(=O)(O)O)[N+](C)(C)C. The molecule has 4 atom stereocenters. The van der Waals surface area contributed by atoms with Gasteiger partial charge in [-0.05, 0) is 6.42 Å². The second-order valence-corrected chi connectivity index (χ2v) is 13.9. The summed E-state index contributed by atoms with van der Waals surface area (Å²) in [5, 5.41) is 0. The number of methoxy groups -OCH3 is 1. The van der Waals surface area contributed by atoms with Crippen LogP contribution in [-0.2, 0) is 24.6 Å². The highest BCUT2D eigenvalue weighted by molar-refractivity contribution is 7.85. The van der Waals surface area contributed by atoms with Gasteiger partial charge in [0.15, 0.2) is 0 Å². The molecule has 0 rings (SSSR count). The second kappa shape index (κ2) is 20.2.